The number of hydrogen-bond donors (Lipinski definition) is 2. The van der Waals surface area contributed by atoms with Crippen molar-refractivity contribution < 1.29 is 9.59 Å². The lowest BCUT2D eigenvalue weighted by Crippen LogP contribution is -2.13. The van der Waals surface area contributed by atoms with E-state index in [1.165, 1.54) is 29.2 Å². The summed E-state index contributed by atoms with van der Waals surface area (Å²) in [7, 11) is 0. The standard InChI is InChI=1S/C27H23N3O2S2/c1-19-26(21-10-6-3-7-11-21)30-27(34-19)29-25(32)18-33-23-15-13-22(14-16-23)28-24(31)17-12-20-8-4-2-5-9-20/h2-17H,18H2,1H3,(H,28,31)(H,29,30,32)/b17-12+. The predicted octanol–water partition coefficient (Wildman–Crippen LogP) is 6.50. The van der Waals surface area contributed by atoms with Gasteiger partial charge in [0.05, 0.1) is 11.4 Å². The number of thiazole rings is 1. The maximum absolute atomic E-state index is 12.4. The molecule has 4 rings (SSSR count). The third-order valence-corrected chi connectivity index (χ3v) is 6.71. The Morgan fingerprint density at radius 3 is 2.29 bits per heavy atom. The van der Waals surface area contributed by atoms with Crippen LogP contribution >= 0.6 is 23.1 Å². The molecule has 0 bridgehead atoms. The number of benzene rings is 3. The van der Waals surface area contributed by atoms with Gasteiger partial charge in [0.1, 0.15) is 0 Å². The maximum Gasteiger partial charge on any atom is 0.248 e. The largest absolute Gasteiger partial charge is 0.323 e. The number of aromatic nitrogens is 1. The number of nitrogens with zero attached hydrogens (tertiary/aromatic N) is 1. The summed E-state index contributed by atoms with van der Waals surface area (Å²) in [4.78, 5) is 31.1. The molecule has 0 spiro atoms. The molecule has 0 aliphatic heterocycles. The molecule has 1 aromatic heterocycles. The Balaban J connectivity index is 1.26. The van der Waals surface area contributed by atoms with Crippen molar-refractivity contribution in [3.63, 3.8) is 0 Å². The molecule has 3 aromatic carbocycles. The molecule has 34 heavy (non-hydrogen) atoms. The average molecular weight is 486 g/mol. The number of amides is 2. The van der Waals surface area contributed by atoms with Gasteiger partial charge in [-0.3, -0.25) is 9.59 Å². The van der Waals surface area contributed by atoms with Gasteiger partial charge in [-0.2, -0.15) is 0 Å². The van der Waals surface area contributed by atoms with Gasteiger partial charge in [-0.25, -0.2) is 4.98 Å². The van der Waals surface area contributed by atoms with Crippen LogP contribution in [0, 0.1) is 6.92 Å². The van der Waals surface area contributed by atoms with Crippen molar-refractivity contribution in [2.24, 2.45) is 0 Å². The Kier molecular flexibility index (Phi) is 7.91. The second-order valence-corrected chi connectivity index (χ2v) is 9.64. The van der Waals surface area contributed by atoms with Crippen LogP contribution in [0.3, 0.4) is 0 Å². The Morgan fingerprint density at radius 1 is 0.912 bits per heavy atom. The van der Waals surface area contributed by atoms with E-state index in [9.17, 15) is 9.59 Å². The smallest absolute Gasteiger partial charge is 0.248 e. The quantitative estimate of drug-likeness (QED) is 0.221. The summed E-state index contributed by atoms with van der Waals surface area (Å²) in [6, 6.07) is 27.0. The molecule has 7 heteroatoms. The molecule has 0 aliphatic carbocycles. The predicted molar refractivity (Wildman–Crippen MR) is 142 cm³/mol. The summed E-state index contributed by atoms with van der Waals surface area (Å²) in [5, 5.41) is 6.33. The minimum atomic E-state index is -0.197. The fourth-order valence-corrected chi connectivity index (χ4v) is 4.72. The van der Waals surface area contributed by atoms with E-state index in [0.717, 1.165) is 26.6 Å². The van der Waals surface area contributed by atoms with Gasteiger partial charge in [-0.1, -0.05) is 60.7 Å². The van der Waals surface area contributed by atoms with E-state index < -0.39 is 0 Å². The second kappa shape index (κ2) is 11.4. The Bertz CT molecular complexity index is 1280. The molecule has 2 amide bonds. The van der Waals surface area contributed by atoms with Gasteiger partial charge in [-0.15, -0.1) is 23.1 Å². The van der Waals surface area contributed by atoms with E-state index >= 15 is 0 Å². The number of thioether (sulfide) groups is 1. The van der Waals surface area contributed by atoms with Crippen molar-refractivity contribution in [2.75, 3.05) is 16.4 Å². The van der Waals surface area contributed by atoms with Crippen LogP contribution in [-0.2, 0) is 9.59 Å². The van der Waals surface area contributed by atoms with Gasteiger partial charge < -0.3 is 10.6 Å². The minimum Gasteiger partial charge on any atom is -0.323 e. The number of nitrogens with one attached hydrogen (secondary N) is 2. The first-order valence-corrected chi connectivity index (χ1v) is 12.5. The van der Waals surface area contributed by atoms with Gasteiger partial charge in [0.2, 0.25) is 11.8 Å². The van der Waals surface area contributed by atoms with E-state index in [2.05, 4.69) is 15.6 Å². The molecule has 1 heterocycles. The zero-order valence-electron chi connectivity index (χ0n) is 18.5. The van der Waals surface area contributed by atoms with Crippen molar-refractivity contribution in [3.8, 4) is 11.3 Å². The second-order valence-electron chi connectivity index (χ2n) is 7.38. The lowest BCUT2D eigenvalue weighted by molar-refractivity contribution is -0.114. The molecule has 0 atom stereocenters. The zero-order chi connectivity index (χ0) is 23.8. The molecular formula is C27H23N3O2S2. The number of carbonyl (C=O) groups is 2. The van der Waals surface area contributed by atoms with Crippen LogP contribution in [0.25, 0.3) is 17.3 Å². The number of anilines is 2. The maximum atomic E-state index is 12.4. The van der Waals surface area contributed by atoms with Crippen LogP contribution in [0.15, 0.2) is 95.9 Å². The van der Waals surface area contributed by atoms with Crippen molar-refractivity contribution >= 4 is 51.8 Å². The minimum absolute atomic E-state index is 0.109. The third-order valence-electron chi connectivity index (χ3n) is 4.81. The first-order chi connectivity index (χ1) is 16.6. The van der Waals surface area contributed by atoms with Crippen LogP contribution in [0.1, 0.15) is 10.4 Å². The van der Waals surface area contributed by atoms with Crippen molar-refractivity contribution in [2.45, 2.75) is 11.8 Å². The topological polar surface area (TPSA) is 71.1 Å². The molecule has 0 radical (unpaired) electrons. The summed E-state index contributed by atoms with van der Waals surface area (Å²) < 4.78 is 0. The Hall–Kier alpha value is -3.68. The van der Waals surface area contributed by atoms with Crippen molar-refractivity contribution in [3.05, 3.63) is 101 Å². The van der Waals surface area contributed by atoms with Crippen LogP contribution < -0.4 is 10.6 Å². The van der Waals surface area contributed by atoms with E-state index in [1.807, 2.05) is 91.9 Å². The van der Waals surface area contributed by atoms with Gasteiger partial charge >= 0.3 is 0 Å². The summed E-state index contributed by atoms with van der Waals surface area (Å²) in [6.45, 7) is 2.00. The normalized spacial score (nSPS) is 10.9. The van der Waals surface area contributed by atoms with Gasteiger partial charge in [0, 0.05) is 27.1 Å². The van der Waals surface area contributed by atoms with Gasteiger partial charge in [0.25, 0.3) is 0 Å². The highest BCUT2D eigenvalue weighted by Gasteiger charge is 2.12. The summed E-state index contributed by atoms with van der Waals surface area (Å²) in [5.74, 6) is -0.0378. The molecule has 0 saturated heterocycles. The van der Waals surface area contributed by atoms with E-state index in [0.29, 0.717) is 10.8 Å². The third kappa shape index (κ3) is 6.66. The van der Waals surface area contributed by atoms with E-state index in [1.54, 1.807) is 6.08 Å². The highest BCUT2D eigenvalue weighted by molar-refractivity contribution is 8.00. The molecule has 170 valence electrons. The van der Waals surface area contributed by atoms with E-state index in [4.69, 9.17) is 0 Å². The molecule has 2 N–H and O–H groups in total. The zero-order valence-corrected chi connectivity index (χ0v) is 20.2. The molecule has 0 unspecified atom stereocenters. The lowest BCUT2D eigenvalue weighted by Gasteiger charge is -2.05. The first kappa shape index (κ1) is 23.5. The number of carbonyl (C=O) groups excluding carboxylic acids is 2. The number of rotatable bonds is 8. The van der Waals surface area contributed by atoms with Crippen LogP contribution in [-0.4, -0.2) is 22.6 Å². The average Bonchev–Trinajstić information content (AvgIpc) is 3.23. The fraction of sp³-hybridized carbons (Fsp3) is 0.0741. The van der Waals surface area contributed by atoms with Gasteiger partial charge in [-0.05, 0) is 42.8 Å². The molecule has 0 saturated carbocycles. The molecular weight excluding hydrogens is 462 g/mol. The summed E-state index contributed by atoms with van der Waals surface area (Å²) in [5.41, 5.74) is 3.59. The van der Waals surface area contributed by atoms with Crippen molar-refractivity contribution in [1.29, 1.82) is 0 Å². The highest BCUT2D eigenvalue weighted by Crippen LogP contribution is 2.30. The first-order valence-electron chi connectivity index (χ1n) is 10.7. The van der Waals surface area contributed by atoms with Gasteiger partial charge in [0.15, 0.2) is 5.13 Å². The van der Waals surface area contributed by atoms with Crippen LogP contribution in [0.4, 0.5) is 10.8 Å². The highest BCUT2D eigenvalue weighted by atomic mass is 32.2. The summed E-state index contributed by atoms with van der Waals surface area (Å²) >= 11 is 2.90. The van der Waals surface area contributed by atoms with E-state index in [-0.39, 0.29) is 17.6 Å². The number of hydrogen-bond acceptors (Lipinski definition) is 5. The lowest BCUT2D eigenvalue weighted by atomic mass is 10.1. The Labute approximate surface area is 207 Å². The Morgan fingerprint density at radius 2 is 1.59 bits per heavy atom. The van der Waals surface area contributed by atoms with Crippen LogP contribution in [0.5, 0.6) is 0 Å². The molecule has 5 nitrogen and oxygen atoms in total. The van der Waals surface area contributed by atoms with Crippen LogP contribution in [0.2, 0.25) is 0 Å². The summed E-state index contributed by atoms with van der Waals surface area (Å²) in [6.07, 6.45) is 3.27. The van der Waals surface area contributed by atoms with Crippen molar-refractivity contribution in [1.82, 2.24) is 4.98 Å². The number of aryl methyl sites for hydroxylation is 1. The SMILES string of the molecule is Cc1sc(NC(=O)CSc2ccc(NC(=O)/C=C/c3ccccc3)cc2)nc1-c1ccccc1. The fourth-order valence-electron chi connectivity index (χ4n) is 3.17. The molecule has 4 aromatic rings. The monoisotopic (exact) mass is 485 g/mol. The molecule has 0 aliphatic rings. The molecule has 0 fully saturated rings.